The first kappa shape index (κ1) is 14.2. The molecule has 2 N–H and O–H groups in total. The van der Waals surface area contributed by atoms with Crippen molar-refractivity contribution in [2.24, 2.45) is 0 Å². The summed E-state index contributed by atoms with van der Waals surface area (Å²) in [5, 5.41) is 7.49. The van der Waals surface area contributed by atoms with Crippen LogP contribution in [0.25, 0.3) is 0 Å². The van der Waals surface area contributed by atoms with Crippen molar-refractivity contribution in [2.45, 2.75) is 30.3 Å². The Balaban J connectivity index is 2.05. The van der Waals surface area contributed by atoms with E-state index in [0.717, 1.165) is 19.6 Å². The summed E-state index contributed by atoms with van der Waals surface area (Å²) >= 11 is 3.59. The largest absolute Gasteiger partial charge is 0.354 e. The van der Waals surface area contributed by atoms with Gasteiger partial charge in [-0.25, -0.2) is 0 Å². The number of hydrogen-bond acceptors (Lipinski definition) is 4. The lowest BCUT2D eigenvalue weighted by Crippen LogP contribution is -2.33. The highest BCUT2D eigenvalue weighted by Gasteiger charge is 2.14. The van der Waals surface area contributed by atoms with Crippen molar-refractivity contribution < 1.29 is 4.79 Å². The van der Waals surface area contributed by atoms with Gasteiger partial charge in [0.05, 0.1) is 5.75 Å². The maximum atomic E-state index is 11.5. The highest BCUT2D eigenvalue weighted by molar-refractivity contribution is 8.00. The van der Waals surface area contributed by atoms with E-state index in [-0.39, 0.29) is 5.91 Å². The predicted octanol–water partition coefficient (Wildman–Crippen LogP) is 1.34. The highest BCUT2D eigenvalue weighted by atomic mass is 32.2. The molecule has 3 nitrogen and oxygen atoms in total. The zero-order valence-corrected chi connectivity index (χ0v) is 11.8. The van der Waals surface area contributed by atoms with Gasteiger partial charge in [-0.05, 0) is 32.2 Å². The highest BCUT2D eigenvalue weighted by Crippen LogP contribution is 2.19. The molecule has 1 amide bonds. The molecule has 1 rings (SSSR count). The van der Waals surface area contributed by atoms with Crippen LogP contribution in [0, 0.1) is 0 Å². The Labute approximate surface area is 107 Å². The summed E-state index contributed by atoms with van der Waals surface area (Å²) in [5.41, 5.74) is 0. The van der Waals surface area contributed by atoms with Gasteiger partial charge in [0.15, 0.2) is 0 Å². The molecule has 0 spiro atoms. The molecule has 0 radical (unpaired) electrons. The van der Waals surface area contributed by atoms with E-state index in [9.17, 15) is 4.79 Å². The Kier molecular flexibility index (Phi) is 7.32. The van der Waals surface area contributed by atoms with Gasteiger partial charge in [-0.2, -0.15) is 11.8 Å². The minimum Gasteiger partial charge on any atom is -0.354 e. The van der Waals surface area contributed by atoms with E-state index in [2.05, 4.69) is 23.8 Å². The van der Waals surface area contributed by atoms with Gasteiger partial charge < -0.3 is 10.6 Å². The second-order valence-corrected chi connectivity index (χ2v) is 6.68. The number of nitrogens with one attached hydrogen (secondary N) is 2. The molecule has 0 aromatic heterocycles. The molecule has 16 heavy (non-hydrogen) atoms. The van der Waals surface area contributed by atoms with E-state index in [1.165, 1.54) is 12.8 Å². The summed E-state index contributed by atoms with van der Waals surface area (Å²) in [4.78, 5) is 11.5. The molecule has 1 aliphatic rings. The molecule has 5 heteroatoms. The number of hydrogen-bond donors (Lipinski definition) is 2. The average Bonchev–Trinajstić information content (AvgIpc) is 2.34. The average molecular weight is 262 g/mol. The molecule has 1 saturated heterocycles. The monoisotopic (exact) mass is 262 g/mol. The third-order valence-corrected chi connectivity index (χ3v) is 5.07. The van der Waals surface area contributed by atoms with Crippen LogP contribution in [0.4, 0.5) is 0 Å². The van der Waals surface area contributed by atoms with Crippen LogP contribution in [0.3, 0.4) is 0 Å². The van der Waals surface area contributed by atoms with Crippen LogP contribution in [0.15, 0.2) is 0 Å². The standard InChI is InChI=1S/C11H22N2OS2/c1-9(15-2)7-13-11(14)8-16-10-3-5-12-6-4-10/h9-10,12H,3-8H2,1-2H3,(H,13,14). The molecular formula is C11H22N2OS2. The van der Waals surface area contributed by atoms with Crippen molar-refractivity contribution in [3.05, 3.63) is 0 Å². The van der Waals surface area contributed by atoms with Crippen molar-refractivity contribution in [1.29, 1.82) is 0 Å². The van der Waals surface area contributed by atoms with E-state index in [4.69, 9.17) is 0 Å². The SMILES string of the molecule is CSC(C)CNC(=O)CSC1CCNCC1. The first-order valence-corrected chi connectivity index (χ1v) is 8.18. The first-order valence-electron chi connectivity index (χ1n) is 5.84. The molecule has 94 valence electrons. The Morgan fingerprint density at radius 1 is 1.50 bits per heavy atom. The molecule has 0 aromatic rings. The van der Waals surface area contributed by atoms with Crippen LogP contribution in [-0.4, -0.2) is 48.0 Å². The van der Waals surface area contributed by atoms with Gasteiger partial charge in [0.25, 0.3) is 0 Å². The molecule has 1 aliphatic heterocycles. The van der Waals surface area contributed by atoms with Crippen molar-refractivity contribution in [3.8, 4) is 0 Å². The zero-order chi connectivity index (χ0) is 11.8. The summed E-state index contributed by atoms with van der Waals surface area (Å²) in [5.74, 6) is 0.801. The van der Waals surface area contributed by atoms with Crippen molar-refractivity contribution in [3.63, 3.8) is 0 Å². The second kappa shape index (κ2) is 8.25. The number of carbonyl (C=O) groups excluding carboxylic acids is 1. The molecular weight excluding hydrogens is 240 g/mol. The molecule has 1 atom stereocenters. The van der Waals surface area contributed by atoms with Gasteiger partial charge in [-0.3, -0.25) is 4.79 Å². The van der Waals surface area contributed by atoms with Gasteiger partial charge in [0.1, 0.15) is 0 Å². The number of thioether (sulfide) groups is 2. The molecule has 0 saturated carbocycles. The number of piperidine rings is 1. The third-order valence-electron chi connectivity index (χ3n) is 2.73. The van der Waals surface area contributed by atoms with E-state index < -0.39 is 0 Å². The zero-order valence-electron chi connectivity index (χ0n) is 10.1. The minimum atomic E-state index is 0.185. The Morgan fingerprint density at radius 2 is 2.19 bits per heavy atom. The molecule has 1 heterocycles. The Morgan fingerprint density at radius 3 is 2.81 bits per heavy atom. The fourth-order valence-electron chi connectivity index (χ4n) is 1.55. The number of amides is 1. The Bertz CT molecular complexity index is 208. The normalized spacial score (nSPS) is 19.4. The number of carbonyl (C=O) groups is 1. The molecule has 0 aromatic carbocycles. The van der Waals surface area contributed by atoms with Crippen LogP contribution >= 0.6 is 23.5 Å². The van der Waals surface area contributed by atoms with Gasteiger partial charge in [0, 0.05) is 17.0 Å². The Hall–Kier alpha value is 0.130. The van der Waals surface area contributed by atoms with Crippen LogP contribution in [0.1, 0.15) is 19.8 Å². The lowest BCUT2D eigenvalue weighted by molar-refractivity contribution is -0.118. The maximum absolute atomic E-state index is 11.5. The van der Waals surface area contributed by atoms with E-state index >= 15 is 0 Å². The summed E-state index contributed by atoms with van der Waals surface area (Å²) in [6.07, 6.45) is 4.46. The first-order chi connectivity index (χ1) is 7.72. The molecule has 0 aliphatic carbocycles. The van der Waals surface area contributed by atoms with Gasteiger partial charge in [0.2, 0.25) is 5.91 Å². The minimum absolute atomic E-state index is 0.185. The van der Waals surface area contributed by atoms with Crippen LogP contribution in [0.2, 0.25) is 0 Å². The predicted molar refractivity (Wildman–Crippen MR) is 74.3 cm³/mol. The van der Waals surface area contributed by atoms with Gasteiger partial charge in [-0.1, -0.05) is 6.92 Å². The number of rotatable bonds is 6. The third kappa shape index (κ3) is 6.01. The quantitative estimate of drug-likeness (QED) is 0.758. The van der Waals surface area contributed by atoms with E-state index in [0.29, 0.717) is 16.3 Å². The van der Waals surface area contributed by atoms with E-state index in [1.807, 2.05) is 0 Å². The molecule has 1 fully saturated rings. The van der Waals surface area contributed by atoms with E-state index in [1.54, 1.807) is 23.5 Å². The second-order valence-electron chi connectivity index (χ2n) is 4.11. The smallest absolute Gasteiger partial charge is 0.230 e. The topological polar surface area (TPSA) is 41.1 Å². The summed E-state index contributed by atoms with van der Waals surface area (Å²) in [7, 11) is 0. The summed E-state index contributed by atoms with van der Waals surface area (Å²) < 4.78 is 0. The lowest BCUT2D eigenvalue weighted by Gasteiger charge is -2.21. The fraction of sp³-hybridized carbons (Fsp3) is 0.909. The van der Waals surface area contributed by atoms with Gasteiger partial charge in [-0.15, -0.1) is 11.8 Å². The maximum Gasteiger partial charge on any atom is 0.230 e. The van der Waals surface area contributed by atoms with Crippen molar-refractivity contribution >= 4 is 29.4 Å². The van der Waals surface area contributed by atoms with Crippen LogP contribution < -0.4 is 10.6 Å². The van der Waals surface area contributed by atoms with Crippen molar-refractivity contribution in [1.82, 2.24) is 10.6 Å². The van der Waals surface area contributed by atoms with Crippen LogP contribution in [-0.2, 0) is 4.79 Å². The van der Waals surface area contributed by atoms with Gasteiger partial charge >= 0.3 is 0 Å². The molecule has 0 bridgehead atoms. The summed E-state index contributed by atoms with van der Waals surface area (Å²) in [6, 6.07) is 0. The lowest BCUT2D eigenvalue weighted by atomic mass is 10.2. The fourth-order valence-corrected chi connectivity index (χ4v) is 2.86. The summed E-state index contributed by atoms with van der Waals surface area (Å²) in [6.45, 7) is 5.11. The van der Waals surface area contributed by atoms with Crippen LogP contribution in [0.5, 0.6) is 0 Å². The van der Waals surface area contributed by atoms with Crippen molar-refractivity contribution in [2.75, 3.05) is 31.6 Å². The molecule has 1 unspecified atom stereocenters.